The Hall–Kier alpha value is -4.94. The van der Waals surface area contributed by atoms with Crippen LogP contribution in [0.3, 0.4) is 0 Å². The fourth-order valence-electron chi connectivity index (χ4n) is 4.76. The summed E-state index contributed by atoms with van der Waals surface area (Å²) in [6.45, 7) is 2.07. The van der Waals surface area contributed by atoms with E-state index in [1.165, 1.54) is 21.5 Å². The summed E-state index contributed by atoms with van der Waals surface area (Å²) in [6, 6.07) is 7.80. The summed E-state index contributed by atoms with van der Waals surface area (Å²) in [4.78, 5) is 41.7. The highest BCUT2D eigenvalue weighted by Crippen LogP contribution is 2.31. The summed E-state index contributed by atoms with van der Waals surface area (Å²) in [6.07, 6.45) is 1.06. The molecule has 3 N–H and O–H groups in total. The molecule has 2 amide bonds. The molecule has 2 aliphatic heterocycles. The Morgan fingerprint density at radius 3 is 2.32 bits per heavy atom. The van der Waals surface area contributed by atoms with Gasteiger partial charge in [0.25, 0.3) is 11.8 Å². The van der Waals surface area contributed by atoms with Gasteiger partial charge < -0.3 is 25.2 Å². The molecule has 0 aliphatic carbocycles. The molecular formula is C28H25F3N4O6. The monoisotopic (exact) mass is 570 g/mol. The molecule has 0 saturated carbocycles. The van der Waals surface area contributed by atoms with Crippen LogP contribution in [0, 0.1) is 17.5 Å². The zero-order valence-corrected chi connectivity index (χ0v) is 21.9. The number of hydrogen-bond acceptors (Lipinski definition) is 7. The second-order valence-electron chi connectivity index (χ2n) is 9.68. The fraction of sp³-hybridized carbons (Fsp3) is 0.250. The number of aliphatic hydroxyl groups is 2. The van der Waals surface area contributed by atoms with E-state index in [0.29, 0.717) is 17.7 Å². The third-order valence-electron chi connectivity index (χ3n) is 7.15. The first kappa shape index (κ1) is 27.6. The quantitative estimate of drug-likeness (QED) is 0.416. The van der Waals surface area contributed by atoms with Crippen LogP contribution in [0.5, 0.6) is 5.75 Å². The van der Waals surface area contributed by atoms with Crippen molar-refractivity contribution in [2.45, 2.75) is 39.1 Å². The van der Waals surface area contributed by atoms with Crippen LogP contribution in [0.2, 0.25) is 0 Å². The lowest BCUT2D eigenvalue weighted by atomic mass is 10.1. The Morgan fingerprint density at radius 1 is 1.02 bits per heavy atom. The van der Waals surface area contributed by atoms with Gasteiger partial charge in [-0.2, -0.15) is 0 Å². The summed E-state index contributed by atoms with van der Waals surface area (Å²) in [5, 5.41) is 24.9. The zero-order valence-electron chi connectivity index (χ0n) is 21.9. The molecule has 13 heteroatoms. The first-order valence-corrected chi connectivity index (χ1v) is 12.6. The van der Waals surface area contributed by atoms with Crippen molar-refractivity contribution in [1.82, 2.24) is 14.9 Å². The maximum Gasteiger partial charge on any atom is 0.278 e. The van der Waals surface area contributed by atoms with Crippen LogP contribution in [-0.4, -0.2) is 50.4 Å². The van der Waals surface area contributed by atoms with Crippen LogP contribution in [-0.2, 0) is 13.2 Å². The van der Waals surface area contributed by atoms with Crippen LogP contribution < -0.4 is 20.5 Å². The van der Waals surface area contributed by atoms with Crippen molar-refractivity contribution in [3.8, 4) is 5.75 Å². The van der Waals surface area contributed by atoms with Gasteiger partial charge in [-0.3, -0.25) is 24.1 Å². The maximum atomic E-state index is 14.1. The topological polar surface area (TPSA) is 124 Å². The smallest absolute Gasteiger partial charge is 0.278 e. The van der Waals surface area contributed by atoms with Crippen molar-refractivity contribution in [1.29, 1.82) is 0 Å². The van der Waals surface area contributed by atoms with Gasteiger partial charge in [-0.05, 0) is 19.4 Å². The Bertz CT molecular complexity index is 1620. The number of aromatic nitrogens is 1. The van der Waals surface area contributed by atoms with Gasteiger partial charge in [-0.15, -0.1) is 0 Å². The average molecular weight is 571 g/mol. The number of aliphatic hydroxyl groups excluding tert-OH is 2. The normalized spacial score (nSPS) is 18.2. The number of ether oxygens (including phenoxy) is 1. The van der Waals surface area contributed by atoms with E-state index in [0.717, 1.165) is 6.20 Å². The Balaban J connectivity index is 1.60. The first-order chi connectivity index (χ1) is 19.5. The molecule has 10 nitrogen and oxygen atoms in total. The van der Waals surface area contributed by atoms with Gasteiger partial charge in [0.15, 0.2) is 23.0 Å². The molecule has 0 radical (unpaired) electrons. The molecule has 0 unspecified atom stereocenters. The standard InChI is InChI=1S/C28H25F3N4O6/c1-14-23(36)24(37)15(2)35-13-33(14)28(40)22-26(41-12-16-6-4-3-5-7-16)25(38)19(11-34(22)35)27(39)32-10-18-20(30)8-17(29)9-21(18)31/h3-9,11,14-15,36-37H,10,12-13H2,1-2H3,(H,32,39)/t14-,15+/m0/s1. The highest BCUT2D eigenvalue weighted by molar-refractivity contribution is 5.99. The Labute approximate surface area is 231 Å². The minimum atomic E-state index is -1.22. The van der Waals surface area contributed by atoms with Gasteiger partial charge in [-0.1, -0.05) is 30.3 Å². The van der Waals surface area contributed by atoms with E-state index >= 15 is 0 Å². The van der Waals surface area contributed by atoms with E-state index in [9.17, 15) is 37.8 Å². The lowest BCUT2D eigenvalue weighted by molar-refractivity contribution is 0.0611. The lowest BCUT2D eigenvalue weighted by Gasteiger charge is -2.41. The van der Waals surface area contributed by atoms with Gasteiger partial charge in [-0.25, -0.2) is 13.2 Å². The number of carbonyl (C=O) groups is 2. The van der Waals surface area contributed by atoms with Gasteiger partial charge in [0, 0.05) is 30.4 Å². The lowest BCUT2D eigenvalue weighted by Crippen LogP contribution is -2.58. The summed E-state index contributed by atoms with van der Waals surface area (Å²) in [5.41, 5.74) is -1.71. The second kappa shape index (κ2) is 10.6. The van der Waals surface area contributed by atoms with E-state index in [1.54, 1.807) is 37.3 Å². The van der Waals surface area contributed by atoms with Gasteiger partial charge in [0.2, 0.25) is 5.43 Å². The Kier molecular flexibility index (Phi) is 7.11. The minimum Gasteiger partial charge on any atom is -0.507 e. The number of amides is 2. The van der Waals surface area contributed by atoms with E-state index in [2.05, 4.69) is 5.32 Å². The molecule has 0 spiro atoms. The molecular weight excluding hydrogens is 545 g/mol. The SMILES string of the molecule is C[C@@H]1C(O)=C(O)[C@H](C)N2CN1n1cc(C(=O)NCc3c(F)cc(F)cc3F)c(=O)c(OCc3ccccc3)c1C2=O. The number of pyridine rings is 1. The molecule has 2 atom stereocenters. The molecule has 5 rings (SSSR count). The highest BCUT2D eigenvalue weighted by Gasteiger charge is 2.43. The van der Waals surface area contributed by atoms with Crippen molar-refractivity contribution < 1.29 is 37.7 Å². The van der Waals surface area contributed by atoms with Crippen LogP contribution in [0.25, 0.3) is 0 Å². The van der Waals surface area contributed by atoms with Crippen LogP contribution in [0.4, 0.5) is 13.2 Å². The molecule has 3 heterocycles. The molecule has 1 aromatic heterocycles. The summed E-state index contributed by atoms with van der Waals surface area (Å²) in [7, 11) is 0. The molecule has 41 heavy (non-hydrogen) atoms. The minimum absolute atomic E-state index is 0.129. The largest absolute Gasteiger partial charge is 0.507 e. The van der Waals surface area contributed by atoms with Gasteiger partial charge in [0.05, 0.1) is 6.04 Å². The molecule has 2 aliphatic rings. The average Bonchev–Trinajstić information content (AvgIpc) is 3.01. The molecule has 2 bridgehead atoms. The summed E-state index contributed by atoms with van der Waals surface area (Å²) in [5.74, 6) is -6.66. The van der Waals surface area contributed by atoms with E-state index in [-0.39, 0.29) is 19.0 Å². The third kappa shape index (κ3) is 4.83. The van der Waals surface area contributed by atoms with Crippen LogP contribution in [0.1, 0.15) is 45.8 Å². The van der Waals surface area contributed by atoms with E-state index in [1.807, 2.05) is 0 Å². The maximum absolute atomic E-state index is 14.1. The number of nitrogens with one attached hydrogen (secondary N) is 1. The van der Waals surface area contributed by atoms with Crippen LogP contribution >= 0.6 is 0 Å². The predicted octanol–water partition coefficient (Wildman–Crippen LogP) is 3.24. The third-order valence-corrected chi connectivity index (χ3v) is 7.15. The van der Waals surface area contributed by atoms with Crippen LogP contribution in [0.15, 0.2) is 65.0 Å². The van der Waals surface area contributed by atoms with Crippen molar-refractivity contribution in [2.75, 3.05) is 11.7 Å². The molecule has 0 saturated heterocycles. The molecule has 0 fully saturated rings. The van der Waals surface area contributed by atoms with Gasteiger partial charge in [0.1, 0.15) is 42.3 Å². The number of rotatable bonds is 6. The number of carbonyl (C=O) groups excluding carboxylic acids is 2. The number of hydrogen-bond donors (Lipinski definition) is 3. The Morgan fingerprint density at radius 2 is 1.66 bits per heavy atom. The van der Waals surface area contributed by atoms with Crippen molar-refractivity contribution in [3.05, 3.63) is 110 Å². The van der Waals surface area contributed by atoms with Crippen molar-refractivity contribution in [3.63, 3.8) is 0 Å². The summed E-state index contributed by atoms with van der Waals surface area (Å²) >= 11 is 0. The molecule has 214 valence electrons. The fourth-order valence-corrected chi connectivity index (χ4v) is 4.76. The molecule has 2 aromatic carbocycles. The highest BCUT2D eigenvalue weighted by atomic mass is 19.1. The van der Waals surface area contributed by atoms with E-state index in [4.69, 9.17) is 4.74 Å². The van der Waals surface area contributed by atoms with E-state index < -0.39 is 81.7 Å². The van der Waals surface area contributed by atoms with Crippen molar-refractivity contribution in [2.24, 2.45) is 0 Å². The number of nitrogens with zero attached hydrogens (tertiary/aromatic N) is 3. The number of fused-ring (bicyclic) bond motifs is 4. The number of halogens is 3. The predicted molar refractivity (Wildman–Crippen MR) is 139 cm³/mol. The number of benzene rings is 2. The van der Waals surface area contributed by atoms with Crippen molar-refractivity contribution >= 4 is 11.8 Å². The second-order valence-corrected chi connectivity index (χ2v) is 9.68. The first-order valence-electron chi connectivity index (χ1n) is 12.6. The van der Waals surface area contributed by atoms with Gasteiger partial charge >= 0.3 is 0 Å². The zero-order chi connectivity index (χ0) is 29.6. The summed E-state index contributed by atoms with van der Waals surface area (Å²) < 4.78 is 48.6. The molecule has 3 aromatic rings.